The fraction of sp³-hybridized carbons (Fsp3) is 0.409. The van der Waals surface area contributed by atoms with Crippen LogP contribution in [0.25, 0.3) is 0 Å². The molecule has 2 aromatic carbocycles. The monoisotopic (exact) mass is 486 g/mol. The Hall–Kier alpha value is -2.79. The van der Waals surface area contributed by atoms with Crippen molar-refractivity contribution >= 4 is 21.6 Å². The predicted molar refractivity (Wildman–Crippen MR) is 116 cm³/mol. The third-order valence-electron chi connectivity index (χ3n) is 5.20. The second kappa shape index (κ2) is 10.4. The number of carbonyl (C=O) groups excluding carboxylic acids is 1. The molecule has 1 saturated heterocycles. The minimum atomic E-state index is -4.63. The summed E-state index contributed by atoms with van der Waals surface area (Å²) in [4.78, 5) is 12.4. The number of benzene rings is 2. The van der Waals surface area contributed by atoms with E-state index in [2.05, 4.69) is 5.32 Å². The highest BCUT2D eigenvalue weighted by Gasteiger charge is 2.34. The number of anilines is 1. The summed E-state index contributed by atoms with van der Waals surface area (Å²) in [6.45, 7) is 0.129. The number of ether oxygens (including phenoxy) is 2. The molecule has 2 aromatic rings. The highest BCUT2D eigenvalue weighted by atomic mass is 32.2. The highest BCUT2D eigenvalue weighted by Crippen LogP contribution is 2.36. The van der Waals surface area contributed by atoms with Crippen molar-refractivity contribution in [1.82, 2.24) is 4.31 Å². The van der Waals surface area contributed by atoms with E-state index in [4.69, 9.17) is 9.47 Å². The zero-order valence-corrected chi connectivity index (χ0v) is 18.8. The molecule has 180 valence electrons. The van der Waals surface area contributed by atoms with E-state index in [0.29, 0.717) is 13.1 Å². The number of sulfonamides is 1. The molecule has 0 spiro atoms. The molecule has 0 saturated carbocycles. The van der Waals surface area contributed by atoms with E-state index in [1.54, 1.807) is 0 Å². The van der Waals surface area contributed by atoms with Crippen LogP contribution in [-0.2, 0) is 21.0 Å². The molecule has 33 heavy (non-hydrogen) atoms. The summed E-state index contributed by atoms with van der Waals surface area (Å²) in [6.07, 6.45) is -1.15. The van der Waals surface area contributed by atoms with E-state index >= 15 is 0 Å². The van der Waals surface area contributed by atoms with Gasteiger partial charge >= 0.3 is 6.18 Å². The van der Waals surface area contributed by atoms with Gasteiger partial charge in [-0.05, 0) is 43.2 Å². The van der Waals surface area contributed by atoms with Crippen LogP contribution in [0.1, 0.15) is 31.2 Å². The third kappa shape index (κ3) is 6.17. The van der Waals surface area contributed by atoms with Crippen LogP contribution >= 0.6 is 0 Å². The van der Waals surface area contributed by atoms with Gasteiger partial charge in [0.15, 0.2) is 6.61 Å². The van der Waals surface area contributed by atoms with Crippen molar-refractivity contribution < 1.29 is 35.9 Å². The summed E-state index contributed by atoms with van der Waals surface area (Å²) in [7, 11) is -2.42. The van der Waals surface area contributed by atoms with E-state index < -0.39 is 40.0 Å². The summed E-state index contributed by atoms with van der Waals surface area (Å²) in [5.74, 6) is -1.05. The first-order chi connectivity index (χ1) is 15.6. The number of carbonyl (C=O) groups is 1. The van der Waals surface area contributed by atoms with Gasteiger partial charge in [-0.15, -0.1) is 0 Å². The fourth-order valence-corrected chi connectivity index (χ4v) is 5.08. The zero-order valence-electron chi connectivity index (χ0n) is 18.0. The molecule has 7 nitrogen and oxygen atoms in total. The molecule has 1 aliphatic heterocycles. The molecule has 3 rings (SSSR count). The average molecular weight is 487 g/mol. The number of hydrogen-bond acceptors (Lipinski definition) is 5. The molecule has 1 N–H and O–H groups in total. The maximum absolute atomic E-state index is 13.1. The molecule has 0 bridgehead atoms. The molecular formula is C22H25F3N2O5S. The van der Waals surface area contributed by atoms with Crippen LogP contribution < -0.4 is 14.8 Å². The standard InChI is InChI=1S/C22H25F3N2O5S/c1-31-20-11-10-16(33(29,30)27-12-6-2-3-7-13-27)14-18(20)26-21(28)15-32-19-9-5-4-8-17(19)22(23,24)25/h4-5,8-11,14H,2-3,6-7,12-13,15H2,1H3,(H,26,28). The largest absolute Gasteiger partial charge is 0.495 e. The molecule has 1 aliphatic rings. The smallest absolute Gasteiger partial charge is 0.419 e. The van der Waals surface area contributed by atoms with Crippen molar-refractivity contribution in [2.24, 2.45) is 0 Å². The number of alkyl halides is 3. The molecule has 0 aliphatic carbocycles. The van der Waals surface area contributed by atoms with E-state index in [1.807, 2.05) is 0 Å². The van der Waals surface area contributed by atoms with Gasteiger partial charge in [0.25, 0.3) is 5.91 Å². The number of amides is 1. The maximum atomic E-state index is 13.1. The Kier molecular flexibility index (Phi) is 7.85. The topological polar surface area (TPSA) is 84.9 Å². The van der Waals surface area contributed by atoms with Crippen molar-refractivity contribution in [2.75, 3.05) is 32.1 Å². The number of nitrogens with one attached hydrogen (secondary N) is 1. The van der Waals surface area contributed by atoms with Gasteiger partial charge in [-0.3, -0.25) is 4.79 Å². The van der Waals surface area contributed by atoms with Gasteiger partial charge in [0, 0.05) is 13.1 Å². The molecule has 1 heterocycles. The first kappa shape index (κ1) is 24.8. The quantitative estimate of drug-likeness (QED) is 0.631. The van der Waals surface area contributed by atoms with Crippen molar-refractivity contribution in [3.8, 4) is 11.5 Å². The molecule has 0 atom stereocenters. The number of halogens is 3. The van der Waals surface area contributed by atoms with Gasteiger partial charge in [0.05, 0.1) is 23.3 Å². The predicted octanol–water partition coefficient (Wildman–Crippen LogP) is 4.30. The number of nitrogens with zero attached hydrogens (tertiary/aromatic N) is 1. The number of rotatable bonds is 7. The summed E-state index contributed by atoms with van der Waals surface area (Å²) in [5, 5.41) is 2.46. The van der Waals surface area contributed by atoms with E-state index in [0.717, 1.165) is 37.8 Å². The Morgan fingerprint density at radius 1 is 1.03 bits per heavy atom. The Morgan fingerprint density at radius 3 is 2.33 bits per heavy atom. The van der Waals surface area contributed by atoms with Crippen molar-refractivity contribution in [3.05, 3.63) is 48.0 Å². The van der Waals surface area contributed by atoms with E-state index in [9.17, 15) is 26.4 Å². The van der Waals surface area contributed by atoms with Gasteiger partial charge < -0.3 is 14.8 Å². The zero-order chi connectivity index (χ0) is 24.1. The number of hydrogen-bond donors (Lipinski definition) is 1. The molecular weight excluding hydrogens is 461 g/mol. The summed E-state index contributed by atoms with van der Waals surface area (Å²) in [6, 6.07) is 8.64. The Balaban J connectivity index is 1.76. The minimum absolute atomic E-state index is 0.0103. The normalized spacial score (nSPS) is 15.5. The number of para-hydroxylation sites is 1. The molecule has 1 amide bonds. The third-order valence-corrected chi connectivity index (χ3v) is 7.09. The summed E-state index contributed by atoms with van der Waals surface area (Å²) in [5.41, 5.74) is -0.924. The van der Waals surface area contributed by atoms with Crippen molar-refractivity contribution in [2.45, 2.75) is 36.8 Å². The van der Waals surface area contributed by atoms with Crippen LogP contribution in [0, 0.1) is 0 Å². The van der Waals surface area contributed by atoms with Gasteiger partial charge in [0.1, 0.15) is 11.5 Å². The lowest BCUT2D eigenvalue weighted by atomic mass is 10.2. The molecule has 0 radical (unpaired) electrons. The Bertz CT molecular complexity index is 1080. The first-order valence-electron chi connectivity index (χ1n) is 10.4. The van der Waals surface area contributed by atoms with E-state index in [1.165, 1.54) is 41.7 Å². The average Bonchev–Trinajstić information content (AvgIpc) is 3.07. The van der Waals surface area contributed by atoms with Gasteiger partial charge in [-0.25, -0.2) is 8.42 Å². The van der Waals surface area contributed by atoms with Crippen LogP contribution in [0.2, 0.25) is 0 Å². The first-order valence-corrected chi connectivity index (χ1v) is 11.8. The minimum Gasteiger partial charge on any atom is -0.495 e. The maximum Gasteiger partial charge on any atom is 0.419 e. The highest BCUT2D eigenvalue weighted by molar-refractivity contribution is 7.89. The summed E-state index contributed by atoms with van der Waals surface area (Å²) >= 11 is 0. The van der Waals surface area contributed by atoms with Gasteiger partial charge in [-0.1, -0.05) is 25.0 Å². The van der Waals surface area contributed by atoms with E-state index in [-0.39, 0.29) is 16.3 Å². The second-order valence-corrected chi connectivity index (χ2v) is 9.45. The lowest BCUT2D eigenvalue weighted by Gasteiger charge is -2.21. The van der Waals surface area contributed by atoms with Gasteiger partial charge in [-0.2, -0.15) is 17.5 Å². The molecule has 0 unspecified atom stereocenters. The van der Waals surface area contributed by atoms with Crippen LogP contribution in [0.4, 0.5) is 18.9 Å². The molecule has 11 heteroatoms. The Labute approximate surface area is 190 Å². The molecule has 1 fully saturated rings. The van der Waals surface area contributed by atoms with Crippen molar-refractivity contribution in [3.63, 3.8) is 0 Å². The lowest BCUT2D eigenvalue weighted by molar-refractivity contribution is -0.139. The fourth-order valence-electron chi connectivity index (χ4n) is 3.53. The second-order valence-electron chi connectivity index (χ2n) is 7.51. The van der Waals surface area contributed by atoms with Crippen LogP contribution in [0.3, 0.4) is 0 Å². The molecule has 0 aromatic heterocycles. The number of methoxy groups -OCH3 is 1. The van der Waals surface area contributed by atoms with Gasteiger partial charge in [0.2, 0.25) is 10.0 Å². The van der Waals surface area contributed by atoms with Crippen molar-refractivity contribution in [1.29, 1.82) is 0 Å². The van der Waals surface area contributed by atoms with Crippen LogP contribution in [-0.4, -0.2) is 45.4 Å². The SMILES string of the molecule is COc1ccc(S(=O)(=O)N2CCCCCC2)cc1NC(=O)COc1ccccc1C(F)(F)F. The summed E-state index contributed by atoms with van der Waals surface area (Å²) < 4.78 is 77.1. The lowest BCUT2D eigenvalue weighted by Crippen LogP contribution is -2.32. The van der Waals surface area contributed by atoms with Crippen LogP contribution in [0.5, 0.6) is 11.5 Å². The van der Waals surface area contributed by atoms with Crippen LogP contribution in [0.15, 0.2) is 47.4 Å². The Morgan fingerprint density at radius 2 is 1.70 bits per heavy atom.